The molecule has 2 rings (SSSR count). The van der Waals surface area contributed by atoms with Gasteiger partial charge < -0.3 is 9.73 Å². The van der Waals surface area contributed by atoms with E-state index in [1.54, 1.807) is 6.07 Å². The first kappa shape index (κ1) is 14.1. The van der Waals surface area contributed by atoms with Crippen molar-refractivity contribution in [3.8, 4) is 0 Å². The molecule has 2 aromatic rings. The van der Waals surface area contributed by atoms with Crippen LogP contribution in [0.4, 0.5) is 4.39 Å². The average Bonchev–Trinajstić information content (AvgIpc) is 2.81. The van der Waals surface area contributed by atoms with Crippen LogP contribution in [-0.2, 0) is 6.42 Å². The topological polar surface area (TPSA) is 25.2 Å². The summed E-state index contributed by atoms with van der Waals surface area (Å²) in [6.07, 6.45) is 4.22. The molecule has 1 atom stereocenters. The van der Waals surface area contributed by atoms with Gasteiger partial charge in [-0.15, -0.1) is 0 Å². The molecule has 0 bridgehead atoms. The third kappa shape index (κ3) is 3.80. The molecule has 0 aliphatic rings. The van der Waals surface area contributed by atoms with Crippen LogP contribution in [0.1, 0.15) is 38.9 Å². The lowest BCUT2D eigenvalue weighted by molar-refractivity contribution is 0.444. The monoisotopic (exact) mass is 263 g/mol. The zero-order chi connectivity index (χ0) is 13.7. The van der Waals surface area contributed by atoms with E-state index in [1.165, 1.54) is 12.1 Å². The van der Waals surface area contributed by atoms with Crippen LogP contribution in [0.2, 0.25) is 0 Å². The summed E-state index contributed by atoms with van der Waals surface area (Å²) < 4.78 is 18.8. The van der Waals surface area contributed by atoms with Gasteiger partial charge in [-0.1, -0.05) is 13.8 Å². The normalized spacial score (nSPS) is 13.0. The van der Waals surface area contributed by atoms with E-state index >= 15 is 0 Å². The van der Waals surface area contributed by atoms with Gasteiger partial charge in [0, 0.05) is 17.8 Å². The van der Waals surface area contributed by atoms with Gasteiger partial charge in [0.15, 0.2) is 0 Å². The molecular formula is C16H22FNO. The van der Waals surface area contributed by atoms with Gasteiger partial charge in [0.05, 0.1) is 0 Å². The standard InChI is InChI=1S/C16H22FNO/c1-3-9-18-14(4-2)6-7-15-11-12-10-13(17)5-8-16(12)19-15/h5,8,10-11,14,18H,3-4,6-7,9H2,1-2H3. The summed E-state index contributed by atoms with van der Waals surface area (Å²) in [6, 6.07) is 7.14. The Morgan fingerprint density at radius 3 is 2.84 bits per heavy atom. The zero-order valence-electron chi connectivity index (χ0n) is 11.7. The second kappa shape index (κ2) is 6.71. The lowest BCUT2D eigenvalue weighted by atomic mass is 10.1. The Labute approximate surface area is 114 Å². The van der Waals surface area contributed by atoms with Crippen molar-refractivity contribution in [2.75, 3.05) is 6.54 Å². The number of furan rings is 1. The van der Waals surface area contributed by atoms with Gasteiger partial charge in [0.1, 0.15) is 17.2 Å². The summed E-state index contributed by atoms with van der Waals surface area (Å²) >= 11 is 0. The van der Waals surface area contributed by atoms with Crippen LogP contribution in [0.15, 0.2) is 28.7 Å². The van der Waals surface area contributed by atoms with Crippen LogP contribution in [0.3, 0.4) is 0 Å². The van der Waals surface area contributed by atoms with Crippen molar-refractivity contribution in [1.29, 1.82) is 0 Å². The fourth-order valence-corrected chi connectivity index (χ4v) is 2.31. The van der Waals surface area contributed by atoms with Crippen molar-refractivity contribution in [3.05, 3.63) is 35.8 Å². The van der Waals surface area contributed by atoms with Crippen molar-refractivity contribution in [3.63, 3.8) is 0 Å². The minimum Gasteiger partial charge on any atom is -0.461 e. The molecule has 2 nitrogen and oxygen atoms in total. The van der Waals surface area contributed by atoms with E-state index in [1.807, 2.05) is 6.07 Å². The maximum atomic E-state index is 13.1. The fourth-order valence-electron chi connectivity index (χ4n) is 2.31. The van der Waals surface area contributed by atoms with Gasteiger partial charge in [0.25, 0.3) is 0 Å². The summed E-state index contributed by atoms with van der Waals surface area (Å²) in [6.45, 7) is 5.43. The molecule has 0 aliphatic carbocycles. The number of fused-ring (bicyclic) bond motifs is 1. The highest BCUT2D eigenvalue weighted by molar-refractivity contribution is 5.77. The fraction of sp³-hybridized carbons (Fsp3) is 0.500. The molecule has 1 unspecified atom stereocenters. The predicted molar refractivity (Wildman–Crippen MR) is 76.9 cm³/mol. The highest BCUT2D eigenvalue weighted by atomic mass is 19.1. The Morgan fingerprint density at radius 1 is 1.26 bits per heavy atom. The Balaban J connectivity index is 1.97. The predicted octanol–water partition coefficient (Wildman–Crippen LogP) is 4.28. The highest BCUT2D eigenvalue weighted by Gasteiger charge is 2.09. The molecule has 0 radical (unpaired) electrons. The van der Waals surface area contributed by atoms with Crippen molar-refractivity contribution in [2.45, 2.75) is 45.6 Å². The summed E-state index contributed by atoms with van der Waals surface area (Å²) in [5.74, 6) is 0.730. The zero-order valence-corrected chi connectivity index (χ0v) is 11.7. The van der Waals surface area contributed by atoms with Gasteiger partial charge in [-0.25, -0.2) is 4.39 Å². The molecule has 0 fully saturated rings. The molecule has 1 aromatic heterocycles. The van der Waals surface area contributed by atoms with E-state index in [0.29, 0.717) is 6.04 Å². The van der Waals surface area contributed by atoms with E-state index in [9.17, 15) is 4.39 Å². The van der Waals surface area contributed by atoms with Crippen LogP contribution in [-0.4, -0.2) is 12.6 Å². The van der Waals surface area contributed by atoms with Crippen LogP contribution >= 0.6 is 0 Å². The SMILES string of the molecule is CCCNC(CC)CCc1cc2cc(F)ccc2o1. The summed E-state index contributed by atoms with van der Waals surface area (Å²) in [7, 11) is 0. The van der Waals surface area contributed by atoms with Crippen molar-refractivity contribution < 1.29 is 8.81 Å². The number of hydrogen-bond acceptors (Lipinski definition) is 2. The summed E-state index contributed by atoms with van der Waals surface area (Å²) in [5.41, 5.74) is 0.769. The van der Waals surface area contributed by atoms with Crippen LogP contribution < -0.4 is 5.32 Å². The molecule has 104 valence electrons. The molecule has 0 aliphatic heterocycles. The second-order valence-electron chi connectivity index (χ2n) is 4.99. The Kier molecular flexibility index (Phi) is 4.97. The minimum atomic E-state index is -0.212. The number of halogens is 1. The lowest BCUT2D eigenvalue weighted by Crippen LogP contribution is -2.29. The molecule has 0 saturated heterocycles. The maximum Gasteiger partial charge on any atom is 0.134 e. The molecular weight excluding hydrogens is 241 g/mol. The molecule has 3 heteroatoms. The van der Waals surface area contributed by atoms with Gasteiger partial charge in [-0.05, 0) is 50.1 Å². The molecule has 1 aromatic carbocycles. The molecule has 1 N–H and O–H groups in total. The third-order valence-electron chi connectivity index (χ3n) is 3.44. The largest absolute Gasteiger partial charge is 0.461 e. The molecule has 0 spiro atoms. The Morgan fingerprint density at radius 2 is 2.11 bits per heavy atom. The quantitative estimate of drug-likeness (QED) is 0.806. The lowest BCUT2D eigenvalue weighted by Gasteiger charge is -2.15. The van der Waals surface area contributed by atoms with Crippen LogP contribution in [0.5, 0.6) is 0 Å². The highest BCUT2D eigenvalue weighted by Crippen LogP contribution is 2.21. The van der Waals surface area contributed by atoms with Gasteiger partial charge in [-0.2, -0.15) is 0 Å². The number of hydrogen-bond donors (Lipinski definition) is 1. The van der Waals surface area contributed by atoms with E-state index in [2.05, 4.69) is 19.2 Å². The van der Waals surface area contributed by atoms with E-state index in [0.717, 1.165) is 49.0 Å². The Bertz CT molecular complexity index is 520. The van der Waals surface area contributed by atoms with E-state index in [-0.39, 0.29) is 5.82 Å². The van der Waals surface area contributed by atoms with Gasteiger partial charge in [-0.3, -0.25) is 0 Å². The maximum absolute atomic E-state index is 13.1. The van der Waals surface area contributed by atoms with Crippen LogP contribution in [0, 0.1) is 5.82 Å². The smallest absolute Gasteiger partial charge is 0.134 e. The van der Waals surface area contributed by atoms with Crippen molar-refractivity contribution in [1.82, 2.24) is 5.32 Å². The Hall–Kier alpha value is -1.35. The van der Waals surface area contributed by atoms with Crippen molar-refractivity contribution in [2.24, 2.45) is 0 Å². The van der Waals surface area contributed by atoms with E-state index in [4.69, 9.17) is 4.42 Å². The average molecular weight is 263 g/mol. The molecule has 0 amide bonds. The summed E-state index contributed by atoms with van der Waals surface area (Å²) in [4.78, 5) is 0. The first-order valence-corrected chi connectivity index (χ1v) is 7.14. The van der Waals surface area contributed by atoms with E-state index < -0.39 is 0 Å². The van der Waals surface area contributed by atoms with Gasteiger partial charge >= 0.3 is 0 Å². The number of nitrogens with one attached hydrogen (secondary N) is 1. The molecule has 1 heterocycles. The number of benzene rings is 1. The second-order valence-corrected chi connectivity index (χ2v) is 4.99. The molecule has 0 saturated carbocycles. The van der Waals surface area contributed by atoms with Crippen molar-refractivity contribution >= 4 is 11.0 Å². The number of aryl methyl sites for hydroxylation is 1. The third-order valence-corrected chi connectivity index (χ3v) is 3.44. The first-order chi connectivity index (χ1) is 9.22. The molecule has 19 heavy (non-hydrogen) atoms. The van der Waals surface area contributed by atoms with Crippen LogP contribution in [0.25, 0.3) is 11.0 Å². The first-order valence-electron chi connectivity index (χ1n) is 7.14. The van der Waals surface area contributed by atoms with Gasteiger partial charge in [0.2, 0.25) is 0 Å². The summed E-state index contributed by atoms with van der Waals surface area (Å²) in [5, 5.41) is 4.38. The minimum absolute atomic E-state index is 0.212. The number of rotatable bonds is 7.